The first kappa shape index (κ1) is 13.6. The lowest BCUT2D eigenvalue weighted by atomic mass is 10.0. The van der Waals surface area contributed by atoms with Crippen molar-refractivity contribution < 1.29 is 4.79 Å². The average Bonchev–Trinajstić information content (AvgIpc) is 2.69. The van der Waals surface area contributed by atoms with Crippen molar-refractivity contribution in [2.75, 3.05) is 13.6 Å². The van der Waals surface area contributed by atoms with Crippen LogP contribution in [0.1, 0.15) is 31.4 Å². The summed E-state index contributed by atoms with van der Waals surface area (Å²) in [6, 6.07) is 8.52. The maximum absolute atomic E-state index is 11.9. The number of nitrogens with zero attached hydrogens (tertiary/aromatic N) is 1. The molecular formula is C14H19BrN2O. The highest BCUT2D eigenvalue weighted by Crippen LogP contribution is 2.22. The van der Waals surface area contributed by atoms with Crippen molar-refractivity contribution in [3.05, 3.63) is 34.3 Å². The topological polar surface area (TPSA) is 32.3 Å². The normalized spacial score (nSPS) is 21.4. The van der Waals surface area contributed by atoms with Crippen molar-refractivity contribution in [2.45, 2.75) is 31.8 Å². The molecule has 0 saturated carbocycles. The van der Waals surface area contributed by atoms with Gasteiger partial charge in [-0.2, -0.15) is 0 Å². The van der Waals surface area contributed by atoms with E-state index in [0.29, 0.717) is 0 Å². The second-order valence-electron chi connectivity index (χ2n) is 4.78. The highest BCUT2D eigenvalue weighted by molar-refractivity contribution is 9.10. The third-order valence-electron chi connectivity index (χ3n) is 3.51. The van der Waals surface area contributed by atoms with Crippen LogP contribution in [0.3, 0.4) is 0 Å². The summed E-state index contributed by atoms with van der Waals surface area (Å²) >= 11 is 3.44. The first-order valence-corrected chi connectivity index (χ1v) is 7.17. The number of hydrogen-bond acceptors (Lipinski definition) is 2. The van der Waals surface area contributed by atoms with E-state index in [-0.39, 0.29) is 18.0 Å². The number of carbonyl (C=O) groups excluding carboxylic acids is 1. The van der Waals surface area contributed by atoms with Gasteiger partial charge in [0.05, 0.1) is 6.04 Å². The Morgan fingerprint density at radius 2 is 2.11 bits per heavy atom. The van der Waals surface area contributed by atoms with E-state index in [4.69, 9.17) is 0 Å². The predicted octanol–water partition coefficient (Wildman–Crippen LogP) is 2.72. The molecule has 0 aromatic heterocycles. The van der Waals surface area contributed by atoms with Crippen molar-refractivity contribution in [3.63, 3.8) is 0 Å². The summed E-state index contributed by atoms with van der Waals surface area (Å²) < 4.78 is 1.08. The Balaban J connectivity index is 2.06. The number of rotatable bonds is 4. The molecule has 18 heavy (non-hydrogen) atoms. The number of benzene rings is 1. The van der Waals surface area contributed by atoms with Crippen molar-refractivity contribution in [2.24, 2.45) is 0 Å². The van der Waals surface area contributed by atoms with Crippen LogP contribution in [0.2, 0.25) is 0 Å². The van der Waals surface area contributed by atoms with Gasteiger partial charge >= 0.3 is 0 Å². The second kappa shape index (κ2) is 5.85. The van der Waals surface area contributed by atoms with Crippen LogP contribution in [-0.4, -0.2) is 30.4 Å². The van der Waals surface area contributed by atoms with E-state index >= 15 is 0 Å². The Hall–Kier alpha value is -0.870. The van der Waals surface area contributed by atoms with E-state index in [9.17, 15) is 4.79 Å². The minimum atomic E-state index is -0.0244. The van der Waals surface area contributed by atoms with Gasteiger partial charge in [0, 0.05) is 24.1 Å². The molecule has 0 aliphatic carbocycles. The summed E-state index contributed by atoms with van der Waals surface area (Å²) in [4.78, 5) is 13.7. The SMILES string of the molecule is CCC(NC1CCN(C)C1=O)c1ccc(Br)cc1. The fourth-order valence-electron chi connectivity index (χ4n) is 2.36. The Kier molecular flexibility index (Phi) is 4.40. The minimum absolute atomic E-state index is 0.0244. The van der Waals surface area contributed by atoms with E-state index in [2.05, 4.69) is 40.3 Å². The third-order valence-corrected chi connectivity index (χ3v) is 4.04. The number of hydrogen-bond donors (Lipinski definition) is 1. The molecule has 1 aromatic carbocycles. The quantitative estimate of drug-likeness (QED) is 0.927. The Bertz CT molecular complexity index is 418. The van der Waals surface area contributed by atoms with Crippen molar-refractivity contribution in [3.8, 4) is 0 Å². The molecule has 2 unspecified atom stereocenters. The first-order valence-electron chi connectivity index (χ1n) is 6.38. The summed E-state index contributed by atoms with van der Waals surface area (Å²) in [5.74, 6) is 0.213. The standard InChI is InChI=1S/C14H19BrN2O/c1-3-12(10-4-6-11(15)7-5-10)16-13-8-9-17(2)14(13)18/h4-7,12-13,16H,3,8-9H2,1-2H3. The summed E-state index contributed by atoms with van der Waals surface area (Å²) in [5, 5.41) is 3.48. The highest BCUT2D eigenvalue weighted by Gasteiger charge is 2.30. The summed E-state index contributed by atoms with van der Waals surface area (Å²) in [7, 11) is 1.87. The number of likely N-dealkylation sites (tertiary alicyclic amines) is 1. The number of halogens is 1. The zero-order chi connectivity index (χ0) is 13.1. The molecule has 1 fully saturated rings. The Morgan fingerprint density at radius 3 is 2.61 bits per heavy atom. The molecule has 1 heterocycles. The van der Waals surface area contributed by atoms with E-state index in [0.717, 1.165) is 23.9 Å². The van der Waals surface area contributed by atoms with Crippen LogP contribution < -0.4 is 5.32 Å². The van der Waals surface area contributed by atoms with E-state index in [1.165, 1.54) is 5.56 Å². The molecule has 1 amide bonds. The molecule has 2 rings (SSSR count). The lowest BCUT2D eigenvalue weighted by Gasteiger charge is -2.21. The first-order chi connectivity index (χ1) is 8.61. The monoisotopic (exact) mass is 310 g/mol. The lowest BCUT2D eigenvalue weighted by molar-refractivity contribution is -0.128. The van der Waals surface area contributed by atoms with Gasteiger partial charge in [0.1, 0.15) is 0 Å². The fraction of sp³-hybridized carbons (Fsp3) is 0.500. The van der Waals surface area contributed by atoms with E-state index in [1.54, 1.807) is 4.90 Å². The highest BCUT2D eigenvalue weighted by atomic mass is 79.9. The van der Waals surface area contributed by atoms with Crippen molar-refractivity contribution in [1.29, 1.82) is 0 Å². The van der Waals surface area contributed by atoms with Crippen LogP contribution >= 0.6 is 15.9 Å². The average molecular weight is 311 g/mol. The van der Waals surface area contributed by atoms with Gasteiger partial charge in [0.2, 0.25) is 5.91 Å². The van der Waals surface area contributed by atoms with Gasteiger partial charge in [-0.25, -0.2) is 0 Å². The van der Waals surface area contributed by atoms with Crippen LogP contribution in [-0.2, 0) is 4.79 Å². The smallest absolute Gasteiger partial charge is 0.239 e. The molecule has 0 spiro atoms. The molecule has 0 bridgehead atoms. The zero-order valence-corrected chi connectivity index (χ0v) is 12.4. The van der Waals surface area contributed by atoms with Gasteiger partial charge in [-0.1, -0.05) is 35.0 Å². The molecule has 0 radical (unpaired) electrons. The molecule has 4 heteroatoms. The summed E-state index contributed by atoms with van der Waals surface area (Å²) in [5.41, 5.74) is 1.24. The zero-order valence-electron chi connectivity index (χ0n) is 10.8. The van der Waals surface area contributed by atoms with Crippen LogP contribution in [0.4, 0.5) is 0 Å². The Morgan fingerprint density at radius 1 is 1.44 bits per heavy atom. The molecular weight excluding hydrogens is 292 g/mol. The van der Waals surface area contributed by atoms with Crippen molar-refractivity contribution >= 4 is 21.8 Å². The molecule has 1 aliphatic heterocycles. The molecule has 1 N–H and O–H groups in total. The predicted molar refractivity (Wildman–Crippen MR) is 76.4 cm³/mol. The van der Waals surface area contributed by atoms with Crippen LogP contribution in [0.25, 0.3) is 0 Å². The molecule has 1 aromatic rings. The number of amides is 1. The number of nitrogens with one attached hydrogen (secondary N) is 1. The fourth-order valence-corrected chi connectivity index (χ4v) is 2.63. The van der Waals surface area contributed by atoms with Gasteiger partial charge < -0.3 is 4.90 Å². The van der Waals surface area contributed by atoms with Crippen LogP contribution in [0.15, 0.2) is 28.7 Å². The van der Waals surface area contributed by atoms with Crippen LogP contribution in [0.5, 0.6) is 0 Å². The second-order valence-corrected chi connectivity index (χ2v) is 5.70. The summed E-state index contributed by atoms with van der Waals surface area (Å²) in [6.07, 6.45) is 1.89. The van der Waals surface area contributed by atoms with Gasteiger partial charge in [-0.15, -0.1) is 0 Å². The molecule has 1 aliphatic rings. The minimum Gasteiger partial charge on any atom is -0.344 e. The Labute approximate surface area is 117 Å². The number of carbonyl (C=O) groups is 1. The molecule has 98 valence electrons. The van der Waals surface area contributed by atoms with Gasteiger partial charge in [0.15, 0.2) is 0 Å². The molecule has 3 nitrogen and oxygen atoms in total. The number of likely N-dealkylation sites (N-methyl/N-ethyl adjacent to an activating group) is 1. The van der Waals surface area contributed by atoms with Crippen LogP contribution in [0, 0.1) is 0 Å². The maximum atomic E-state index is 11.9. The van der Waals surface area contributed by atoms with Gasteiger partial charge in [-0.05, 0) is 30.5 Å². The van der Waals surface area contributed by atoms with Gasteiger partial charge in [0.25, 0.3) is 0 Å². The van der Waals surface area contributed by atoms with Crippen molar-refractivity contribution in [1.82, 2.24) is 10.2 Å². The van der Waals surface area contributed by atoms with Gasteiger partial charge in [-0.3, -0.25) is 10.1 Å². The lowest BCUT2D eigenvalue weighted by Crippen LogP contribution is -2.39. The maximum Gasteiger partial charge on any atom is 0.239 e. The third kappa shape index (κ3) is 2.93. The largest absolute Gasteiger partial charge is 0.344 e. The molecule has 2 atom stereocenters. The van der Waals surface area contributed by atoms with E-state index in [1.807, 2.05) is 19.2 Å². The summed E-state index contributed by atoms with van der Waals surface area (Å²) in [6.45, 7) is 3.00. The van der Waals surface area contributed by atoms with E-state index < -0.39 is 0 Å². The molecule has 1 saturated heterocycles.